The van der Waals surface area contributed by atoms with Gasteiger partial charge in [0.15, 0.2) is 5.13 Å². The van der Waals surface area contributed by atoms with Crippen molar-refractivity contribution >= 4 is 32.6 Å². The van der Waals surface area contributed by atoms with Crippen molar-refractivity contribution in [3.05, 3.63) is 24.3 Å². The molecule has 0 atom stereocenters. The second-order valence-electron chi connectivity index (χ2n) is 4.51. The lowest BCUT2D eigenvalue weighted by atomic mass is 10.1. The van der Waals surface area contributed by atoms with E-state index in [4.69, 9.17) is 0 Å². The SMILES string of the molecule is CC(C)CC(=O)N(C)c1nc2ccccc2s1. The Kier molecular flexibility index (Phi) is 3.43. The minimum absolute atomic E-state index is 0.124. The average Bonchev–Trinajstić information content (AvgIpc) is 2.70. The molecule has 0 aliphatic heterocycles. The van der Waals surface area contributed by atoms with Gasteiger partial charge in [-0.05, 0) is 18.1 Å². The molecule has 0 fully saturated rings. The number of hydrogen-bond acceptors (Lipinski definition) is 3. The number of aromatic nitrogens is 1. The largest absolute Gasteiger partial charge is 0.291 e. The van der Waals surface area contributed by atoms with Crippen molar-refractivity contribution in [1.82, 2.24) is 4.98 Å². The Hall–Kier alpha value is -1.42. The van der Waals surface area contributed by atoms with Crippen molar-refractivity contribution in [2.24, 2.45) is 5.92 Å². The summed E-state index contributed by atoms with van der Waals surface area (Å²) < 4.78 is 1.12. The molecule has 1 heterocycles. The summed E-state index contributed by atoms with van der Waals surface area (Å²) in [5.41, 5.74) is 0.955. The summed E-state index contributed by atoms with van der Waals surface area (Å²) in [5.74, 6) is 0.499. The topological polar surface area (TPSA) is 33.2 Å². The lowest BCUT2D eigenvalue weighted by Crippen LogP contribution is -2.26. The van der Waals surface area contributed by atoms with Gasteiger partial charge in [0.2, 0.25) is 5.91 Å². The van der Waals surface area contributed by atoms with E-state index in [1.807, 2.05) is 38.1 Å². The number of amides is 1. The van der Waals surface area contributed by atoms with Gasteiger partial charge in [0, 0.05) is 13.5 Å². The third-order valence-corrected chi connectivity index (χ3v) is 3.64. The van der Waals surface area contributed by atoms with Crippen LogP contribution in [0.2, 0.25) is 0 Å². The van der Waals surface area contributed by atoms with E-state index in [9.17, 15) is 4.79 Å². The molecule has 17 heavy (non-hydrogen) atoms. The van der Waals surface area contributed by atoms with Crippen LogP contribution in [-0.4, -0.2) is 17.9 Å². The first-order valence-corrected chi connectivity index (χ1v) is 6.51. The van der Waals surface area contributed by atoms with Crippen molar-refractivity contribution in [1.29, 1.82) is 0 Å². The number of carbonyl (C=O) groups excluding carboxylic acids is 1. The van der Waals surface area contributed by atoms with Crippen molar-refractivity contribution < 1.29 is 4.79 Å². The maximum Gasteiger partial charge on any atom is 0.228 e. The Morgan fingerprint density at radius 1 is 1.41 bits per heavy atom. The number of para-hydroxylation sites is 1. The molecule has 1 aromatic carbocycles. The zero-order chi connectivity index (χ0) is 12.4. The number of anilines is 1. The number of rotatable bonds is 3. The van der Waals surface area contributed by atoms with E-state index in [1.54, 1.807) is 23.3 Å². The van der Waals surface area contributed by atoms with Gasteiger partial charge in [-0.2, -0.15) is 0 Å². The van der Waals surface area contributed by atoms with Crippen molar-refractivity contribution in [2.75, 3.05) is 11.9 Å². The van der Waals surface area contributed by atoms with Crippen molar-refractivity contribution in [2.45, 2.75) is 20.3 Å². The highest BCUT2D eigenvalue weighted by molar-refractivity contribution is 7.22. The Bertz CT molecular complexity index is 500. The molecular formula is C13H16N2OS. The molecular weight excluding hydrogens is 232 g/mol. The van der Waals surface area contributed by atoms with Crippen LogP contribution >= 0.6 is 11.3 Å². The van der Waals surface area contributed by atoms with E-state index in [0.717, 1.165) is 15.3 Å². The van der Waals surface area contributed by atoms with Gasteiger partial charge in [0.25, 0.3) is 0 Å². The maximum atomic E-state index is 11.9. The van der Waals surface area contributed by atoms with E-state index in [1.165, 1.54) is 0 Å². The number of nitrogens with zero attached hydrogens (tertiary/aromatic N) is 2. The summed E-state index contributed by atoms with van der Waals surface area (Å²) in [4.78, 5) is 18.0. The highest BCUT2D eigenvalue weighted by Gasteiger charge is 2.15. The summed E-state index contributed by atoms with van der Waals surface area (Å²) in [7, 11) is 1.79. The molecule has 2 aromatic rings. The predicted molar refractivity (Wildman–Crippen MR) is 72.5 cm³/mol. The summed E-state index contributed by atoms with van der Waals surface area (Å²) >= 11 is 1.55. The zero-order valence-electron chi connectivity index (χ0n) is 10.3. The van der Waals surface area contributed by atoms with Gasteiger partial charge in [0.05, 0.1) is 10.2 Å². The Morgan fingerprint density at radius 2 is 2.12 bits per heavy atom. The molecule has 1 amide bonds. The van der Waals surface area contributed by atoms with Crippen LogP contribution in [0.25, 0.3) is 10.2 Å². The summed E-state index contributed by atoms with van der Waals surface area (Å²) in [6, 6.07) is 7.94. The lowest BCUT2D eigenvalue weighted by Gasteiger charge is -2.14. The molecule has 0 bridgehead atoms. The van der Waals surface area contributed by atoms with Gasteiger partial charge in [-0.25, -0.2) is 4.98 Å². The molecule has 0 radical (unpaired) electrons. The first-order valence-electron chi connectivity index (χ1n) is 5.70. The zero-order valence-corrected chi connectivity index (χ0v) is 11.1. The first-order chi connectivity index (χ1) is 8.08. The van der Waals surface area contributed by atoms with Crippen LogP contribution in [0, 0.1) is 5.92 Å². The Balaban J connectivity index is 2.24. The highest BCUT2D eigenvalue weighted by atomic mass is 32.1. The van der Waals surface area contributed by atoms with Gasteiger partial charge in [0.1, 0.15) is 0 Å². The molecule has 0 aliphatic rings. The second-order valence-corrected chi connectivity index (χ2v) is 5.52. The van der Waals surface area contributed by atoms with Crippen LogP contribution in [0.3, 0.4) is 0 Å². The van der Waals surface area contributed by atoms with Crippen LogP contribution < -0.4 is 4.90 Å². The molecule has 4 heteroatoms. The predicted octanol–water partition coefficient (Wildman–Crippen LogP) is 3.31. The molecule has 2 rings (SSSR count). The van der Waals surface area contributed by atoms with Crippen LogP contribution in [0.15, 0.2) is 24.3 Å². The molecule has 0 unspecified atom stereocenters. The summed E-state index contributed by atoms with van der Waals surface area (Å²) in [6.45, 7) is 4.09. The molecule has 0 aliphatic carbocycles. The highest BCUT2D eigenvalue weighted by Crippen LogP contribution is 2.28. The molecule has 0 saturated heterocycles. The minimum Gasteiger partial charge on any atom is -0.291 e. The number of benzene rings is 1. The van der Waals surface area contributed by atoms with E-state index < -0.39 is 0 Å². The van der Waals surface area contributed by atoms with E-state index >= 15 is 0 Å². The normalized spacial score (nSPS) is 11.1. The third-order valence-electron chi connectivity index (χ3n) is 2.53. The van der Waals surface area contributed by atoms with E-state index in [2.05, 4.69) is 4.98 Å². The fourth-order valence-corrected chi connectivity index (χ4v) is 2.54. The third kappa shape index (κ3) is 2.64. The number of thiazole rings is 1. The number of carbonyl (C=O) groups is 1. The molecule has 0 spiro atoms. The fourth-order valence-electron chi connectivity index (χ4n) is 1.60. The molecule has 0 saturated carbocycles. The molecule has 1 aromatic heterocycles. The Morgan fingerprint density at radius 3 is 2.76 bits per heavy atom. The fraction of sp³-hybridized carbons (Fsp3) is 0.385. The quantitative estimate of drug-likeness (QED) is 0.835. The van der Waals surface area contributed by atoms with Crippen molar-refractivity contribution in [3.8, 4) is 0 Å². The summed E-state index contributed by atoms with van der Waals surface area (Å²) in [6.07, 6.45) is 0.562. The van der Waals surface area contributed by atoms with Crippen molar-refractivity contribution in [3.63, 3.8) is 0 Å². The van der Waals surface area contributed by atoms with Crippen LogP contribution in [0.5, 0.6) is 0 Å². The molecule has 90 valence electrons. The van der Waals surface area contributed by atoms with E-state index in [-0.39, 0.29) is 5.91 Å². The van der Waals surface area contributed by atoms with Gasteiger partial charge in [-0.3, -0.25) is 9.69 Å². The lowest BCUT2D eigenvalue weighted by molar-refractivity contribution is -0.119. The minimum atomic E-state index is 0.124. The average molecular weight is 248 g/mol. The van der Waals surface area contributed by atoms with Gasteiger partial charge >= 0.3 is 0 Å². The second kappa shape index (κ2) is 4.84. The monoisotopic (exact) mass is 248 g/mol. The van der Waals surface area contributed by atoms with Gasteiger partial charge in [-0.15, -0.1) is 0 Å². The first kappa shape index (κ1) is 12.0. The maximum absolute atomic E-state index is 11.9. The van der Waals surface area contributed by atoms with Crippen LogP contribution in [-0.2, 0) is 4.79 Å². The molecule has 3 nitrogen and oxygen atoms in total. The standard InChI is InChI=1S/C13H16N2OS/c1-9(2)8-12(16)15(3)13-14-10-6-4-5-7-11(10)17-13/h4-7,9H,8H2,1-3H3. The van der Waals surface area contributed by atoms with Gasteiger partial charge < -0.3 is 0 Å². The number of hydrogen-bond donors (Lipinski definition) is 0. The van der Waals surface area contributed by atoms with Crippen LogP contribution in [0.4, 0.5) is 5.13 Å². The molecule has 0 N–H and O–H groups in total. The smallest absolute Gasteiger partial charge is 0.228 e. The Labute approximate surface area is 105 Å². The van der Waals surface area contributed by atoms with Crippen LogP contribution in [0.1, 0.15) is 20.3 Å². The summed E-state index contributed by atoms with van der Waals surface area (Å²) in [5, 5.41) is 0.775. The number of fused-ring (bicyclic) bond motifs is 1. The van der Waals surface area contributed by atoms with Gasteiger partial charge in [-0.1, -0.05) is 37.3 Å². The van der Waals surface area contributed by atoms with E-state index in [0.29, 0.717) is 12.3 Å².